The summed E-state index contributed by atoms with van der Waals surface area (Å²) in [5, 5.41) is 12.6. The molecule has 2 N–H and O–H groups in total. The smallest absolute Gasteiger partial charge is 0.229 e. The first kappa shape index (κ1) is 22.6. The fourth-order valence-corrected chi connectivity index (χ4v) is 6.24. The molecule has 1 aliphatic carbocycles. The van der Waals surface area contributed by atoms with Gasteiger partial charge in [-0.15, -0.1) is 11.3 Å². The zero-order valence-corrected chi connectivity index (χ0v) is 21.0. The number of anilines is 2. The number of aryl methyl sites for hydroxylation is 1. The molecule has 1 aliphatic rings. The maximum atomic E-state index is 13.4. The number of amides is 1. The van der Waals surface area contributed by atoms with E-state index in [4.69, 9.17) is 4.74 Å². The van der Waals surface area contributed by atoms with Gasteiger partial charge in [0.1, 0.15) is 22.7 Å². The highest BCUT2D eigenvalue weighted by Gasteiger charge is 2.43. The van der Waals surface area contributed by atoms with Crippen LogP contribution in [0.25, 0.3) is 21.1 Å². The Balaban J connectivity index is 1.54. The van der Waals surface area contributed by atoms with Crippen molar-refractivity contribution in [2.45, 2.75) is 52.5 Å². The molecule has 1 aromatic carbocycles. The average molecular weight is 479 g/mol. The van der Waals surface area contributed by atoms with Gasteiger partial charge < -0.3 is 15.0 Å². The van der Waals surface area contributed by atoms with Gasteiger partial charge in [-0.25, -0.2) is 9.97 Å². The van der Waals surface area contributed by atoms with E-state index in [1.807, 2.05) is 24.1 Å². The molecular weight excluding hydrogens is 448 g/mol. The number of methoxy groups -OCH3 is 1. The first-order chi connectivity index (χ1) is 16.4. The number of nitrogens with one attached hydrogen (secondary N) is 2. The number of benzene rings is 1. The van der Waals surface area contributed by atoms with Crippen molar-refractivity contribution in [3.05, 3.63) is 35.1 Å². The predicted octanol–water partition coefficient (Wildman–Crippen LogP) is 5.07. The summed E-state index contributed by atoms with van der Waals surface area (Å²) >= 11 is 1.69. The van der Waals surface area contributed by atoms with Crippen LogP contribution in [-0.2, 0) is 17.6 Å². The molecule has 0 aliphatic heterocycles. The number of carbonyl (C=O) groups is 1. The molecule has 3 heterocycles. The molecule has 0 bridgehead atoms. The number of thiophene rings is 1. The van der Waals surface area contributed by atoms with Crippen LogP contribution in [0, 0.1) is 5.41 Å². The quantitative estimate of drug-likeness (QED) is 0.402. The summed E-state index contributed by atoms with van der Waals surface area (Å²) in [5.74, 6) is 1.72. The lowest BCUT2D eigenvalue weighted by molar-refractivity contribution is -0.143. The number of H-pyrrole nitrogens is 1. The Hall–Kier alpha value is -3.20. The Morgan fingerprint density at radius 1 is 1.35 bits per heavy atom. The Morgan fingerprint density at radius 3 is 2.91 bits per heavy atom. The zero-order valence-electron chi connectivity index (χ0n) is 20.2. The largest absolute Gasteiger partial charge is 0.494 e. The van der Waals surface area contributed by atoms with Gasteiger partial charge >= 0.3 is 0 Å². The summed E-state index contributed by atoms with van der Waals surface area (Å²) in [5.41, 5.74) is 2.64. The van der Waals surface area contributed by atoms with E-state index in [1.54, 1.807) is 31.0 Å². The molecule has 8 nitrogen and oxygen atoms in total. The van der Waals surface area contributed by atoms with Gasteiger partial charge in [-0.2, -0.15) is 5.10 Å². The maximum Gasteiger partial charge on any atom is 0.229 e. The van der Waals surface area contributed by atoms with Crippen molar-refractivity contribution in [2.75, 3.05) is 19.5 Å². The molecule has 0 saturated carbocycles. The van der Waals surface area contributed by atoms with Gasteiger partial charge in [-0.3, -0.25) is 9.89 Å². The van der Waals surface area contributed by atoms with Crippen LogP contribution in [0.3, 0.4) is 0 Å². The molecule has 9 heteroatoms. The van der Waals surface area contributed by atoms with Crippen LogP contribution in [0.15, 0.2) is 24.7 Å². The molecule has 4 aromatic rings. The standard InChI is InChI=1S/C25H30N6O2S/c1-6-25(24(32)31(4)14(2)3)8-7-16-20(11-25)34-23-21(16)22(26-13-27-23)29-18-9-15-12-28-30-17(15)10-19(18)33-5/h9-10,12-14H,6-8,11H2,1-5H3,(H,28,30)(H,26,27,29)/t25-/m0/s1. The summed E-state index contributed by atoms with van der Waals surface area (Å²) < 4.78 is 5.62. The minimum absolute atomic E-state index is 0.184. The highest BCUT2D eigenvalue weighted by Crippen LogP contribution is 2.47. The van der Waals surface area contributed by atoms with Crippen molar-refractivity contribution in [3.63, 3.8) is 0 Å². The van der Waals surface area contributed by atoms with E-state index in [-0.39, 0.29) is 17.4 Å². The topological polar surface area (TPSA) is 96.0 Å². The second-order valence-electron chi connectivity index (χ2n) is 9.36. The van der Waals surface area contributed by atoms with Crippen LogP contribution < -0.4 is 10.1 Å². The van der Waals surface area contributed by atoms with E-state index < -0.39 is 0 Å². The molecular formula is C25H30N6O2S. The van der Waals surface area contributed by atoms with Crippen molar-refractivity contribution in [2.24, 2.45) is 5.41 Å². The summed E-state index contributed by atoms with van der Waals surface area (Å²) in [6.07, 6.45) is 6.63. The minimum atomic E-state index is -0.358. The van der Waals surface area contributed by atoms with Gasteiger partial charge in [0.25, 0.3) is 0 Å². The number of carbonyl (C=O) groups excluding carboxylic acids is 1. The Morgan fingerprint density at radius 2 is 2.18 bits per heavy atom. The monoisotopic (exact) mass is 478 g/mol. The molecule has 1 amide bonds. The van der Waals surface area contributed by atoms with E-state index in [0.29, 0.717) is 5.75 Å². The van der Waals surface area contributed by atoms with Crippen molar-refractivity contribution in [1.29, 1.82) is 0 Å². The molecule has 1 atom stereocenters. The van der Waals surface area contributed by atoms with E-state index in [1.165, 1.54) is 10.4 Å². The Bertz CT molecular complexity index is 1380. The fraction of sp³-hybridized carbons (Fsp3) is 0.440. The van der Waals surface area contributed by atoms with Gasteiger partial charge in [-0.1, -0.05) is 6.92 Å². The number of rotatable bonds is 6. The molecule has 3 aromatic heterocycles. The number of aromatic amines is 1. The number of hydrogen-bond donors (Lipinski definition) is 2. The Labute approximate surface area is 202 Å². The lowest BCUT2D eigenvalue weighted by Gasteiger charge is -2.39. The molecule has 0 spiro atoms. The van der Waals surface area contributed by atoms with Crippen LogP contribution in [0.1, 0.15) is 44.1 Å². The fourth-order valence-electron chi connectivity index (χ4n) is 4.91. The van der Waals surface area contributed by atoms with Crippen molar-refractivity contribution in [3.8, 4) is 5.75 Å². The molecule has 0 fully saturated rings. The zero-order chi connectivity index (χ0) is 24.0. The number of aromatic nitrogens is 4. The van der Waals surface area contributed by atoms with Crippen LogP contribution in [-0.4, -0.2) is 51.2 Å². The lowest BCUT2D eigenvalue weighted by Crippen LogP contribution is -2.47. The van der Waals surface area contributed by atoms with Crippen molar-refractivity contribution >= 4 is 49.9 Å². The predicted molar refractivity (Wildman–Crippen MR) is 136 cm³/mol. The number of fused-ring (bicyclic) bond motifs is 4. The second kappa shape index (κ2) is 8.54. The van der Waals surface area contributed by atoms with Gasteiger partial charge in [0.05, 0.1) is 35.3 Å². The highest BCUT2D eigenvalue weighted by molar-refractivity contribution is 7.19. The lowest BCUT2D eigenvalue weighted by atomic mass is 9.71. The molecule has 34 heavy (non-hydrogen) atoms. The van der Waals surface area contributed by atoms with Gasteiger partial charge in [-0.05, 0) is 51.2 Å². The summed E-state index contributed by atoms with van der Waals surface area (Å²) in [6.45, 7) is 6.27. The molecule has 0 unspecified atom stereocenters. The Kier molecular flexibility index (Phi) is 5.67. The minimum Gasteiger partial charge on any atom is -0.494 e. The normalized spacial score (nSPS) is 17.8. The second-order valence-corrected chi connectivity index (χ2v) is 10.4. The first-order valence-corrected chi connectivity index (χ1v) is 12.5. The van der Waals surface area contributed by atoms with E-state index in [2.05, 4.69) is 46.3 Å². The summed E-state index contributed by atoms with van der Waals surface area (Å²) in [6, 6.07) is 4.12. The van der Waals surface area contributed by atoms with Crippen LogP contribution in [0.4, 0.5) is 11.5 Å². The van der Waals surface area contributed by atoms with Crippen LogP contribution in [0.5, 0.6) is 5.75 Å². The first-order valence-electron chi connectivity index (χ1n) is 11.7. The van der Waals surface area contributed by atoms with Gasteiger partial charge in [0.15, 0.2) is 0 Å². The third-order valence-electron chi connectivity index (χ3n) is 7.26. The van der Waals surface area contributed by atoms with E-state index >= 15 is 0 Å². The third kappa shape index (κ3) is 3.58. The summed E-state index contributed by atoms with van der Waals surface area (Å²) in [4.78, 5) is 26.7. The average Bonchev–Trinajstić information content (AvgIpc) is 3.45. The number of nitrogens with zero attached hydrogens (tertiary/aromatic N) is 4. The van der Waals surface area contributed by atoms with E-state index in [0.717, 1.165) is 58.3 Å². The SMILES string of the molecule is CC[C@]1(C(=O)N(C)C(C)C)CCc2c(sc3ncnc(Nc4cc5cn[nH]c5cc4OC)c23)C1. The number of ether oxygens (including phenoxy) is 1. The van der Waals surface area contributed by atoms with E-state index in [9.17, 15) is 4.79 Å². The van der Waals surface area contributed by atoms with Crippen molar-refractivity contribution in [1.82, 2.24) is 25.1 Å². The van der Waals surface area contributed by atoms with Crippen LogP contribution >= 0.6 is 11.3 Å². The molecule has 5 rings (SSSR count). The van der Waals surface area contributed by atoms with Gasteiger partial charge in [0, 0.05) is 29.4 Å². The molecule has 178 valence electrons. The van der Waals surface area contributed by atoms with Gasteiger partial charge in [0.2, 0.25) is 5.91 Å². The third-order valence-corrected chi connectivity index (χ3v) is 8.40. The summed E-state index contributed by atoms with van der Waals surface area (Å²) in [7, 11) is 3.57. The van der Waals surface area contributed by atoms with Crippen molar-refractivity contribution < 1.29 is 9.53 Å². The highest BCUT2D eigenvalue weighted by atomic mass is 32.1. The maximum absolute atomic E-state index is 13.4. The molecule has 0 radical (unpaired) electrons. The molecule has 0 saturated heterocycles. The van der Waals surface area contributed by atoms with Crippen LogP contribution in [0.2, 0.25) is 0 Å². The number of hydrogen-bond acceptors (Lipinski definition) is 7.